The number of benzene rings is 1. The second kappa shape index (κ2) is 6.54. The maximum absolute atomic E-state index is 12.1. The van der Waals surface area contributed by atoms with E-state index in [4.69, 9.17) is 5.73 Å². The first-order valence-electron chi connectivity index (χ1n) is 5.78. The number of carbonyl (C=O) groups is 1. The third-order valence-corrected chi connectivity index (χ3v) is 3.29. The highest BCUT2D eigenvalue weighted by atomic mass is 32.2. The Morgan fingerprint density at radius 2 is 2.00 bits per heavy atom. The van der Waals surface area contributed by atoms with Crippen LogP contribution in [0.2, 0.25) is 0 Å². The maximum atomic E-state index is 12.1. The molecule has 1 amide bonds. The van der Waals surface area contributed by atoms with E-state index in [9.17, 15) is 4.79 Å². The van der Waals surface area contributed by atoms with Crippen molar-refractivity contribution in [2.24, 2.45) is 0 Å². The number of amides is 1. The van der Waals surface area contributed by atoms with Gasteiger partial charge in [-0.05, 0) is 24.5 Å². The van der Waals surface area contributed by atoms with Crippen molar-refractivity contribution in [1.29, 1.82) is 0 Å². The Balaban J connectivity index is 3.07. The molecule has 0 unspecified atom stereocenters. The zero-order valence-electron chi connectivity index (χ0n) is 11.4. The van der Waals surface area contributed by atoms with Crippen LogP contribution >= 0.6 is 11.8 Å². The van der Waals surface area contributed by atoms with E-state index in [1.807, 2.05) is 13.1 Å². The molecule has 2 N–H and O–H groups in total. The van der Waals surface area contributed by atoms with Crippen LogP contribution in [-0.4, -0.2) is 50.5 Å². The van der Waals surface area contributed by atoms with Gasteiger partial charge in [0.25, 0.3) is 5.91 Å². The fourth-order valence-electron chi connectivity index (χ4n) is 1.63. The van der Waals surface area contributed by atoms with E-state index in [0.717, 1.165) is 18.0 Å². The lowest BCUT2D eigenvalue weighted by atomic mass is 10.1. The van der Waals surface area contributed by atoms with Crippen LogP contribution < -0.4 is 10.6 Å². The van der Waals surface area contributed by atoms with Gasteiger partial charge in [0.05, 0.1) is 11.3 Å². The zero-order valence-corrected chi connectivity index (χ0v) is 12.3. The second-order valence-electron chi connectivity index (χ2n) is 4.39. The van der Waals surface area contributed by atoms with E-state index in [0.29, 0.717) is 11.3 Å². The minimum absolute atomic E-state index is 0.000927. The number of carbonyl (C=O) groups excluding carboxylic acids is 1. The average Bonchev–Trinajstić information content (AvgIpc) is 2.34. The number of thioether (sulfide) groups is 1. The summed E-state index contributed by atoms with van der Waals surface area (Å²) in [5.74, 6) is 1.02. The van der Waals surface area contributed by atoms with Gasteiger partial charge in [0, 0.05) is 39.1 Å². The van der Waals surface area contributed by atoms with Gasteiger partial charge in [0.1, 0.15) is 0 Å². The Kier molecular flexibility index (Phi) is 5.34. The molecule has 4 nitrogen and oxygen atoms in total. The molecule has 0 aliphatic carbocycles. The predicted octanol–water partition coefficient (Wildman–Crippen LogP) is 1.77. The normalized spacial score (nSPS) is 10.2. The summed E-state index contributed by atoms with van der Waals surface area (Å²) in [6, 6.07) is 5.42. The minimum Gasteiger partial charge on any atom is -0.399 e. The number of hydrogen-bond donors (Lipinski definition) is 1. The highest BCUT2D eigenvalue weighted by Gasteiger charge is 2.16. The SMILES string of the molecule is CSCCN(C)c1cc(N)ccc1C(=O)N(C)C. The first-order chi connectivity index (χ1) is 8.47. The molecule has 1 aromatic carbocycles. The Bertz CT molecular complexity index is 421. The smallest absolute Gasteiger partial charge is 0.255 e. The van der Waals surface area contributed by atoms with E-state index < -0.39 is 0 Å². The summed E-state index contributed by atoms with van der Waals surface area (Å²) in [4.78, 5) is 15.8. The molecule has 0 aromatic heterocycles. The highest BCUT2D eigenvalue weighted by molar-refractivity contribution is 7.98. The summed E-state index contributed by atoms with van der Waals surface area (Å²) >= 11 is 1.78. The van der Waals surface area contributed by atoms with Gasteiger partial charge in [-0.3, -0.25) is 4.79 Å². The van der Waals surface area contributed by atoms with E-state index in [2.05, 4.69) is 11.2 Å². The molecule has 0 fully saturated rings. The van der Waals surface area contributed by atoms with Gasteiger partial charge >= 0.3 is 0 Å². The predicted molar refractivity (Wildman–Crippen MR) is 80.5 cm³/mol. The van der Waals surface area contributed by atoms with Crippen LogP contribution in [0.3, 0.4) is 0 Å². The molecule has 0 bridgehead atoms. The van der Waals surface area contributed by atoms with Gasteiger partial charge in [0.15, 0.2) is 0 Å². The quantitative estimate of drug-likeness (QED) is 0.826. The fourth-order valence-corrected chi connectivity index (χ4v) is 2.09. The van der Waals surface area contributed by atoms with Crippen LogP contribution in [0.5, 0.6) is 0 Å². The molecule has 1 rings (SSSR count). The number of anilines is 2. The van der Waals surface area contributed by atoms with Crippen LogP contribution in [0.15, 0.2) is 18.2 Å². The van der Waals surface area contributed by atoms with Crippen LogP contribution in [0, 0.1) is 0 Å². The molecule has 0 atom stereocenters. The first kappa shape index (κ1) is 14.7. The summed E-state index contributed by atoms with van der Waals surface area (Å²) in [6.07, 6.45) is 2.07. The fraction of sp³-hybridized carbons (Fsp3) is 0.462. The van der Waals surface area contributed by atoms with E-state index in [1.54, 1.807) is 42.9 Å². The van der Waals surface area contributed by atoms with E-state index in [-0.39, 0.29) is 5.91 Å². The topological polar surface area (TPSA) is 49.6 Å². The van der Waals surface area contributed by atoms with Gasteiger partial charge in [-0.25, -0.2) is 0 Å². The van der Waals surface area contributed by atoms with Gasteiger partial charge in [-0.1, -0.05) is 0 Å². The summed E-state index contributed by atoms with van der Waals surface area (Å²) in [6.45, 7) is 0.887. The molecule has 100 valence electrons. The number of rotatable bonds is 5. The number of nitrogen functional groups attached to an aromatic ring is 1. The third-order valence-electron chi connectivity index (χ3n) is 2.70. The van der Waals surface area contributed by atoms with Crippen LogP contribution in [0.4, 0.5) is 11.4 Å². The number of nitrogens with two attached hydrogens (primary N) is 1. The van der Waals surface area contributed by atoms with Crippen molar-refractivity contribution in [3.8, 4) is 0 Å². The number of nitrogens with zero attached hydrogens (tertiary/aromatic N) is 2. The van der Waals surface area contributed by atoms with Gasteiger partial charge in [-0.15, -0.1) is 0 Å². The van der Waals surface area contributed by atoms with Gasteiger partial charge in [-0.2, -0.15) is 11.8 Å². The molecule has 0 heterocycles. The Morgan fingerprint density at radius 1 is 1.33 bits per heavy atom. The molecular weight excluding hydrogens is 246 g/mol. The molecule has 0 saturated heterocycles. The summed E-state index contributed by atoms with van der Waals surface area (Å²) < 4.78 is 0. The van der Waals surface area contributed by atoms with Crippen LogP contribution in [0.25, 0.3) is 0 Å². The van der Waals surface area contributed by atoms with Crippen molar-refractivity contribution in [2.45, 2.75) is 0 Å². The lowest BCUT2D eigenvalue weighted by molar-refractivity contribution is 0.0828. The molecular formula is C13H21N3OS. The summed E-state index contributed by atoms with van der Waals surface area (Å²) in [7, 11) is 5.49. The zero-order chi connectivity index (χ0) is 13.7. The number of hydrogen-bond acceptors (Lipinski definition) is 4. The summed E-state index contributed by atoms with van der Waals surface area (Å²) in [5.41, 5.74) is 8.07. The van der Waals surface area contributed by atoms with Crippen molar-refractivity contribution in [3.63, 3.8) is 0 Å². The molecule has 0 radical (unpaired) electrons. The Hall–Kier alpha value is -1.36. The molecule has 5 heteroatoms. The Labute approximate surface area is 113 Å². The highest BCUT2D eigenvalue weighted by Crippen LogP contribution is 2.24. The molecule has 0 aliphatic heterocycles. The van der Waals surface area contributed by atoms with Gasteiger partial charge < -0.3 is 15.5 Å². The van der Waals surface area contributed by atoms with E-state index in [1.165, 1.54) is 0 Å². The van der Waals surface area contributed by atoms with Crippen molar-refractivity contribution < 1.29 is 4.79 Å². The van der Waals surface area contributed by atoms with Crippen molar-refractivity contribution >= 4 is 29.0 Å². The van der Waals surface area contributed by atoms with Crippen LogP contribution in [0.1, 0.15) is 10.4 Å². The first-order valence-corrected chi connectivity index (χ1v) is 7.18. The minimum atomic E-state index is 0.000927. The molecule has 0 aliphatic rings. The standard InChI is InChI=1S/C13H21N3OS/c1-15(2)13(17)11-6-5-10(14)9-12(11)16(3)7-8-18-4/h5-6,9H,7-8,14H2,1-4H3. The molecule has 0 saturated carbocycles. The molecule has 1 aromatic rings. The van der Waals surface area contributed by atoms with Crippen molar-refractivity contribution in [1.82, 2.24) is 4.90 Å². The summed E-state index contributed by atoms with van der Waals surface area (Å²) in [5, 5.41) is 0. The second-order valence-corrected chi connectivity index (χ2v) is 5.38. The largest absolute Gasteiger partial charge is 0.399 e. The third kappa shape index (κ3) is 3.57. The maximum Gasteiger partial charge on any atom is 0.255 e. The van der Waals surface area contributed by atoms with Gasteiger partial charge in [0.2, 0.25) is 0 Å². The van der Waals surface area contributed by atoms with Crippen molar-refractivity contribution in [2.75, 3.05) is 50.3 Å². The van der Waals surface area contributed by atoms with Crippen molar-refractivity contribution in [3.05, 3.63) is 23.8 Å². The Morgan fingerprint density at radius 3 is 2.56 bits per heavy atom. The lowest BCUT2D eigenvalue weighted by Gasteiger charge is -2.23. The van der Waals surface area contributed by atoms with Crippen LogP contribution in [-0.2, 0) is 0 Å². The lowest BCUT2D eigenvalue weighted by Crippen LogP contribution is -2.27. The monoisotopic (exact) mass is 267 g/mol. The van der Waals surface area contributed by atoms with E-state index >= 15 is 0 Å². The molecule has 0 spiro atoms. The molecule has 18 heavy (non-hydrogen) atoms. The average molecular weight is 267 g/mol.